The first-order chi connectivity index (χ1) is 16.8. The summed E-state index contributed by atoms with van der Waals surface area (Å²) < 4.78 is 12.5. The number of carbonyl (C=O) groups excluding carboxylic acids is 3. The van der Waals surface area contributed by atoms with E-state index >= 15 is 0 Å². The molecule has 35 heavy (non-hydrogen) atoms. The molecular formula is C26H21Br2NO5S. The summed E-state index contributed by atoms with van der Waals surface area (Å²) in [6, 6.07) is 16.9. The predicted molar refractivity (Wildman–Crippen MR) is 144 cm³/mol. The van der Waals surface area contributed by atoms with Gasteiger partial charge in [0.25, 0.3) is 11.1 Å². The molecule has 4 rings (SSSR count). The van der Waals surface area contributed by atoms with Crippen molar-refractivity contribution in [2.24, 2.45) is 0 Å². The number of imide groups is 1. The summed E-state index contributed by atoms with van der Waals surface area (Å²) in [7, 11) is 0. The average molecular weight is 619 g/mol. The van der Waals surface area contributed by atoms with Gasteiger partial charge in [-0.25, -0.2) is 4.79 Å². The third-order valence-electron chi connectivity index (χ3n) is 5.41. The Morgan fingerprint density at radius 1 is 1.09 bits per heavy atom. The first-order valence-corrected chi connectivity index (χ1v) is 13.2. The molecule has 0 spiro atoms. The van der Waals surface area contributed by atoms with Gasteiger partial charge in [-0.3, -0.25) is 14.5 Å². The standard InChI is InChI=1S/C26H21Br2NO5S/c1-3-33-25(31)15(2)29-24(30)22(35-26(29)32)13-16-11-20(27)23(21(28)12-16)34-14-18-9-6-8-17-7-4-5-10-19(17)18/h4-13,15H,3,14H2,1-2H3/b22-13+/t15-/m0/s1. The number of halogens is 2. The molecular weight excluding hydrogens is 598 g/mol. The minimum Gasteiger partial charge on any atom is -0.487 e. The molecule has 9 heteroatoms. The Kier molecular flexibility index (Phi) is 7.98. The topological polar surface area (TPSA) is 72.9 Å². The van der Waals surface area contributed by atoms with E-state index in [0.29, 0.717) is 26.9 Å². The van der Waals surface area contributed by atoms with Crippen LogP contribution in [-0.4, -0.2) is 34.7 Å². The predicted octanol–water partition coefficient (Wildman–Crippen LogP) is 6.93. The highest BCUT2D eigenvalue weighted by Crippen LogP contribution is 2.39. The number of amides is 2. The first-order valence-electron chi connectivity index (χ1n) is 10.8. The van der Waals surface area contributed by atoms with Crippen molar-refractivity contribution in [3.8, 4) is 5.75 Å². The summed E-state index contributed by atoms with van der Waals surface area (Å²) in [5.41, 5.74) is 1.76. The fourth-order valence-electron chi connectivity index (χ4n) is 3.70. The van der Waals surface area contributed by atoms with Crippen molar-refractivity contribution in [2.75, 3.05) is 6.61 Å². The Labute approximate surface area is 223 Å². The summed E-state index contributed by atoms with van der Waals surface area (Å²) in [5.74, 6) is -0.516. The van der Waals surface area contributed by atoms with E-state index in [1.165, 1.54) is 6.92 Å². The molecule has 6 nitrogen and oxygen atoms in total. The molecule has 0 N–H and O–H groups in total. The van der Waals surface area contributed by atoms with E-state index in [9.17, 15) is 14.4 Å². The monoisotopic (exact) mass is 617 g/mol. The Hall–Kier alpha value is -2.62. The fourth-order valence-corrected chi connectivity index (χ4v) is 6.06. The van der Waals surface area contributed by atoms with Crippen molar-refractivity contribution >= 4 is 77.6 Å². The molecule has 1 fully saturated rings. The van der Waals surface area contributed by atoms with E-state index in [-0.39, 0.29) is 11.5 Å². The molecule has 3 aromatic rings. The van der Waals surface area contributed by atoms with Crippen LogP contribution < -0.4 is 4.74 Å². The van der Waals surface area contributed by atoms with E-state index in [2.05, 4.69) is 50.1 Å². The van der Waals surface area contributed by atoms with Crippen LogP contribution in [0, 0.1) is 0 Å². The van der Waals surface area contributed by atoms with Crippen molar-refractivity contribution in [3.05, 3.63) is 79.6 Å². The third-order valence-corrected chi connectivity index (χ3v) is 7.47. The zero-order chi connectivity index (χ0) is 25.1. The van der Waals surface area contributed by atoms with Gasteiger partial charge in [-0.05, 0) is 97.6 Å². The number of fused-ring (bicyclic) bond motifs is 1. The second-order valence-electron chi connectivity index (χ2n) is 7.72. The Bertz CT molecular complexity index is 1330. The summed E-state index contributed by atoms with van der Waals surface area (Å²) in [4.78, 5) is 38.4. The van der Waals surface area contributed by atoms with Crippen LogP contribution in [0.2, 0.25) is 0 Å². The zero-order valence-electron chi connectivity index (χ0n) is 18.9. The van der Waals surface area contributed by atoms with Gasteiger partial charge in [0.2, 0.25) is 0 Å². The minimum absolute atomic E-state index is 0.173. The minimum atomic E-state index is -0.989. The number of benzene rings is 3. The normalized spacial score (nSPS) is 15.7. The Balaban J connectivity index is 1.53. The molecule has 2 amide bonds. The third kappa shape index (κ3) is 5.47. The molecule has 1 aliphatic heterocycles. The van der Waals surface area contributed by atoms with Gasteiger partial charge >= 0.3 is 5.97 Å². The summed E-state index contributed by atoms with van der Waals surface area (Å²) in [6.45, 7) is 3.70. The van der Waals surface area contributed by atoms with Gasteiger partial charge in [-0.15, -0.1) is 0 Å². The highest BCUT2D eigenvalue weighted by Gasteiger charge is 2.41. The highest BCUT2D eigenvalue weighted by atomic mass is 79.9. The van der Waals surface area contributed by atoms with E-state index in [4.69, 9.17) is 9.47 Å². The van der Waals surface area contributed by atoms with Crippen molar-refractivity contribution in [3.63, 3.8) is 0 Å². The van der Waals surface area contributed by atoms with Crippen LogP contribution in [0.1, 0.15) is 25.0 Å². The smallest absolute Gasteiger partial charge is 0.329 e. The summed E-state index contributed by atoms with van der Waals surface area (Å²) in [6.07, 6.45) is 1.62. The lowest BCUT2D eigenvalue weighted by Crippen LogP contribution is -2.42. The van der Waals surface area contributed by atoms with Crippen molar-refractivity contribution in [1.29, 1.82) is 0 Å². The quantitative estimate of drug-likeness (QED) is 0.211. The van der Waals surface area contributed by atoms with E-state index < -0.39 is 23.2 Å². The van der Waals surface area contributed by atoms with Gasteiger partial charge < -0.3 is 9.47 Å². The van der Waals surface area contributed by atoms with Crippen LogP contribution in [0.4, 0.5) is 4.79 Å². The molecule has 0 aliphatic carbocycles. The largest absolute Gasteiger partial charge is 0.487 e. The number of esters is 1. The molecule has 1 saturated heterocycles. The van der Waals surface area contributed by atoms with E-state index in [1.54, 1.807) is 13.0 Å². The van der Waals surface area contributed by atoms with Gasteiger partial charge in [0, 0.05) is 0 Å². The van der Waals surface area contributed by atoms with Crippen LogP contribution >= 0.6 is 43.6 Å². The molecule has 1 heterocycles. The number of carbonyl (C=O) groups is 3. The molecule has 180 valence electrons. The van der Waals surface area contributed by atoms with Gasteiger partial charge in [0.05, 0.1) is 20.5 Å². The number of hydrogen-bond donors (Lipinski definition) is 0. The Morgan fingerprint density at radius 2 is 1.77 bits per heavy atom. The Morgan fingerprint density at radius 3 is 2.49 bits per heavy atom. The first kappa shape index (κ1) is 25.5. The van der Waals surface area contributed by atoms with E-state index in [1.807, 2.05) is 36.4 Å². The van der Waals surface area contributed by atoms with Crippen LogP contribution in [0.25, 0.3) is 16.8 Å². The van der Waals surface area contributed by atoms with Crippen molar-refractivity contribution in [2.45, 2.75) is 26.5 Å². The molecule has 1 aliphatic rings. The molecule has 0 radical (unpaired) electrons. The van der Waals surface area contributed by atoms with Gasteiger partial charge in [-0.1, -0.05) is 42.5 Å². The van der Waals surface area contributed by atoms with Crippen LogP contribution in [0.5, 0.6) is 5.75 Å². The van der Waals surface area contributed by atoms with Crippen LogP contribution in [-0.2, 0) is 20.9 Å². The average Bonchev–Trinajstić information content (AvgIpc) is 3.10. The maximum Gasteiger partial charge on any atom is 0.329 e. The van der Waals surface area contributed by atoms with Crippen molar-refractivity contribution in [1.82, 2.24) is 4.90 Å². The maximum atomic E-state index is 12.8. The summed E-state index contributed by atoms with van der Waals surface area (Å²) in [5, 5.41) is 1.77. The molecule has 1 atom stereocenters. The molecule has 0 bridgehead atoms. The number of nitrogens with zero attached hydrogens (tertiary/aromatic N) is 1. The zero-order valence-corrected chi connectivity index (χ0v) is 22.9. The lowest BCUT2D eigenvalue weighted by atomic mass is 10.1. The molecule has 0 saturated carbocycles. The summed E-state index contributed by atoms with van der Waals surface area (Å²) >= 11 is 7.90. The highest BCUT2D eigenvalue weighted by molar-refractivity contribution is 9.11. The second kappa shape index (κ2) is 11.0. The number of rotatable bonds is 7. The van der Waals surface area contributed by atoms with Gasteiger partial charge in [0.1, 0.15) is 18.4 Å². The SMILES string of the molecule is CCOC(=O)[C@H](C)N1C(=O)S/C(=C/c2cc(Br)c(OCc3cccc4ccccc34)c(Br)c2)C1=O. The molecule has 0 unspecified atom stereocenters. The number of ether oxygens (including phenoxy) is 2. The second-order valence-corrected chi connectivity index (χ2v) is 10.4. The fraction of sp³-hybridized carbons (Fsp3) is 0.192. The van der Waals surface area contributed by atoms with Gasteiger partial charge in [-0.2, -0.15) is 0 Å². The van der Waals surface area contributed by atoms with E-state index in [0.717, 1.165) is 33.0 Å². The van der Waals surface area contributed by atoms with Crippen LogP contribution in [0.15, 0.2) is 68.4 Å². The lowest BCUT2D eigenvalue weighted by molar-refractivity contribution is -0.150. The lowest BCUT2D eigenvalue weighted by Gasteiger charge is -2.19. The molecule has 3 aromatic carbocycles. The van der Waals surface area contributed by atoms with Crippen molar-refractivity contribution < 1.29 is 23.9 Å². The molecule has 0 aromatic heterocycles. The number of hydrogen-bond acceptors (Lipinski definition) is 6. The maximum absolute atomic E-state index is 12.8. The number of thioether (sulfide) groups is 1. The van der Waals surface area contributed by atoms with Gasteiger partial charge in [0.15, 0.2) is 0 Å². The van der Waals surface area contributed by atoms with Crippen LogP contribution in [0.3, 0.4) is 0 Å².